The van der Waals surface area contributed by atoms with Gasteiger partial charge in [-0.05, 0) is 104 Å². The fraction of sp³-hybridized carbons (Fsp3) is 0.900. The summed E-state index contributed by atoms with van der Waals surface area (Å²) >= 11 is 0. The molecule has 0 aromatic heterocycles. The maximum atomic E-state index is 13.7. The van der Waals surface area contributed by atoms with Crippen molar-refractivity contribution in [3.63, 3.8) is 0 Å². The van der Waals surface area contributed by atoms with Crippen LogP contribution in [-0.4, -0.2) is 22.8 Å². The van der Waals surface area contributed by atoms with Crippen LogP contribution in [-0.2, 0) is 9.53 Å². The van der Waals surface area contributed by atoms with Gasteiger partial charge in [0.2, 0.25) is 0 Å². The molecule has 0 aromatic rings. The third-order valence-electron chi connectivity index (χ3n) is 14.3. The Labute approximate surface area is 201 Å². The Hall–Kier alpha value is -0.830. The number of esters is 1. The Morgan fingerprint density at radius 3 is 2.33 bits per heavy atom. The minimum absolute atomic E-state index is 0.00682. The first-order valence-electron chi connectivity index (χ1n) is 13.9. The molecular formula is C30H46O3. The normalized spacial score (nSPS) is 62.0. The van der Waals surface area contributed by atoms with E-state index in [-0.39, 0.29) is 44.7 Å². The van der Waals surface area contributed by atoms with Crippen molar-refractivity contribution in [2.24, 2.45) is 50.7 Å². The van der Waals surface area contributed by atoms with Crippen LogP contribution in [0.15, 0.2) is 12.2 Å². The van der Waals surface area contributed by atoms with Gasteiger partial charge < -0.3 is 9.84 Å². The molecule has 0 amide bonds. The van der Waals surface area contributed by atoms with Crippen LogP contribution in [0, 0.1) is 50.7 Å². The van der Waals surface area contributed by atoms with E-state index < -0.39 is 0 Å². The summed E-state index contributed by atoms with van der Waals surface area (Å²) in [5.74, 6) is 2.31. The number of hydrogen-bond donors (Lipinski definition) is 1. The fourth-order valence-corrected chi connectivity index (χ4v) is 11.6. The number of carbonyl (C=O) groups is 1. The Morgan fingerprint density at radius 2 is 1.61 bits per heavy atom. The molecule has 1 aliphatic heterocycles. The fourth-order valence-electron chi connectivity index (χ4n) is 11.6. The predicted molar refractivity (Wildman–Crippen MR) is 130 cm³/mol. The second-order valence-corrected chi connectivity index (χ2v) is 14.5. The van der Waals surface area contributed by atoms with Gasteiger partial charge >= 0.3 is 5.97 Å². The maximum absolute atomic E-state index is 13.7. The topological polar surface area (TPSA) is 46.5 Å². The summed E-state index contributed by atoms with van der Waals surface area (Å²) in [6.07, 6.45) is 10.3. The summed E-state index contributed by atoms with van der Waals surface area (Å²) in [7, 11) is 0. The molecule has 11 atom stereocenters. The number of carbonyl (C=O) groups excluding carboxylic acids is 1. The van der Waals surface area contributed by atoms with Crippen molar-refractivity contribution < 1.29 is 14.6 Å². The average molecular weight is 455 g/mol. The third kappa shape index (κ3) is 2.15. The number of aliphatic hydroxyl groups excluding tert-OH is 1. The molecule has 184 valence electrons. The second-order valence-electron chi connectivity index (χ2n) is 14.5. The van der Waals surface area contributed by atoms with Crippen LogP contribution in [0.4, 0.5) is 0 Å². The quantitative estimate of drug-likeness (QED) is 0.328. The molecular weight excluding hydrogens is 408 g/mol. The van der Waals surface area contributed by atoms with Gasteiger partial charge in [0.1, 0.15) is 5.60 Å². The van der Waals surface area contributed by atoms with E-state index in [9.17, 15) is 9.90 Å². The lowest BCUT2D eigenvalue weighted by molar-refractivity contribution is -0.285. The monoisotopic (exact) mass is 454 g/mol. The molecule has 33 heavy (non-hydrogen) atoms. The van der Waals surface area contributed by atoms with Gasteiger partial charge in [0.05, 0.1) is 11.5 Å². The van der Waals surface area contributed by atoms with Crippen LogP contribution in [0.3, 0.4) is 0 Å². The summed E-state index contributed by atoms with van der Waals surface area (Å²) in [6, 6.07) is 0. The minimum atomic E-state index is -0.353. The molecule has 0 radical (unpaired) electrons. The van der Waals surface area contributed by atoms with Crippen molar-refractivity contribution >= 4 is 5.97 Å². The van der Waals surface area contributed by atoms with Crippen LogP contribution in [0.2, 0.25) is 0 Å². The highest BCUT2D eigenvalue weighted by Gasteiger charge is 2.81. The van der Waals surface area contributed by atoms with Gasteiger partial charge in [-0.2, -0.15) is 0 Å². The summed E-state index contributed by atoms with van der Waals surface area (Å²) in [5, 5.41) is 10.7. The molecule has 6 rings (SSSR count). The first-order chi connectivity index (χ1) is 15.3. The summed E-state index contributed by atoms with van der Waals surface area (Å²) < 4.78 is 6.79. The lowest BCUT2D eigenvalue weighted by atomic mass is 9.29. The second kappa shape index (κ2) is 6.29. The van der Waals surface area contributed by atoms with Gasteiger partial charge in [0, 0.05) is 11.3 Å². The third-order valence-corrected chi connectivity index (χ3v) is 14.3. The molecule has 1 N–H and O–H groups in total. The molecule has 1 saturated heterocycles. The van der Waals surface area contributed by atoms with Crippen LogP contribution in [0.25, 0.3) is 0 Å². The molecule has 5 aliphatic carbocycles. The average Bonchev–Trinajstić information content (AvgIpc) is 2.97. The molecule has 2 bridgehead atoms. The summed E-state index contributed by atoms with van der Waals surface area (Å²) in [4.78, 5) is 13.7. The first kappa shape index (κ1) is 22.6. The van der Waals surface area contributed by atoms with Crippen molar-refractivity contribution in [2.45, 2.75) is 117 Å². The van der Waals surface area contributed by atoms with Gasteiger partial charge in [0.15, 0.2) is 0 Å². The van der Waals surface area contributed by atoms with E-state index in [1.165, 1.54) is 6.42 Å². The highest BCUT2D eigenvalue weighted by Crippen LogP contribution is 2.81. The molecule has 3 heteroatoms. The van der Waals surface area contributed by atoms with E-state index in [2.05, 4.69) is 48.1 Å². The van der Waals surface area contributed by atoms with Crippen LogP contribution in [0.1, 0.15) is 106 Å². The van der Waals surface area contributed by atoms with Crippen molar-refractivity contribution in [3.8, 4) is 0 Å². The Kier molecular flexibility index (Phi) is 4.31. The first-order valence-corrected chi connectivity index (χ1v) is 13.9. The Bertz CT molecular complexity index is 926. The van der Waals surface area contributed by atoms with Crippen molar-refractivity contribution in [1.29, 1.82) is 0 Å². The van der Waals surface area contributed by atoms with E-state index in [0.717, 1.165) is 63.4 Å². The number of ether oxygens (including phenoxy) is 1. The van der Waals surface area contributed by atoms with E-state index in [1.807, 2.05) is 0 Å². The zero-order chi connectivity index (χ0) is 23.8. The van der Waals surface area contributed by atoms with Crippen molar-refractivity contribution in [2.75, 3.05) is 0 Å². The number of rotatable bonds is 0. The van der Waals surface area contributed by atoms with E-state index in [1.54, 1.807) is 0 Å². The van der Waals surface area contributed by atoms with E-state index in [0.29, 0.717) is 23.7 Å². The molecule has 5 saturated carbocycles. The SMILES string of the molecule is C=C1[C@@H](O)CC[C@]2(C)C3CC[C@]45OC(=O)[C@@]6(CC[C@@H](C)C(C)C64)CC[C@@]5(C)[C@]3(C)CC[C@@]12C. The molecule has 3 nitrogen and oxygen atoms in total. The number of aliphatic hydroxyl groups is 1. The summed E-state index contributed by atoms with van der Waals surface area (Å²) in [6.45, 7) is 19.3. The highest BCUT2D eigenvalue weighted by atomic mass is 16.6. The molecule has 3 unspecified atom stereocenters. The van der Waals surface area contributed by atoms with Gasteiger partial charge in [-0.1, -0.05) is 48.1 Å². The van der Waals surface area contributed by atoms with Crippen LogP contribution >= 0.6 is 0 Å². The Balaban J connectivity index is 1.49. The van der Waals surface area contributed by atoms with Gasteiger partial charge in [-0.25, -0.2) is 0 Å². The van der Waals surface area contributed by atoms with Crippen molar-refractivity contribution in [3.05, 3.63) is 12.2 Å². The molecule has 6 aliphatic rings. The lowest BCUT2D eigenvalue weighted by Gasteiger charge is -2.74. The van der Waals surface area contributed by atoms with Crippen LogP contribution < -0.4 is 0 Å². The molecule has 0 aromatic carbocycles. The zero-order valence-electron chi connectivity index (χ0n) is 21.9. The lowest BCUT2D eigenvalue weighted by Crippen LogP contribution is -2.72. The smallest absolute Gasteiger partial charge is 0.313 e. The van der Waals surface area contributed by atoms with Crippen molar-refractivity contribution in [1.82, 2.24) is 0 Å². The largest absolute Gasteiger partial charge is 0.458 e. The van der Waals surface area contributed by atoms with Crippen LogP contribution in [0.5, 0.6) is 0 Å². The van der Waals surface area contributed by atoms with Gasteiger partial charge in [-0.15, -0.1) is 0 Å². The van der Waals surface area contributed by atoms with Gasteiger partial charge in [0.25, 0.3) is 0 Å². The minimum Gasteiger partial charge on any atom is -0.458 e. The van der Waals surface area contributed by atoms with Gasteiger partial charge in [-0.3, -0.25) is 4.79 Å². The molecule has 1 heterocycles. The molecule has 1 spiro atoms. The Morgan fingerprint density at radius 1 is 0.879 bits per heavy atom. The standard InChI is InChI=1S/C30H46O3/c1-18-8-12-29-17-16-28(7)27(6)15-14-25(4)20(3)21(31)9-11-26(25,5)22(27)10-13-30(28,33-24(29)32)23(29)19(18)2/h18-19,21-23,31H,3,8-17H2,1-2,4-7H3/t18-,19?,21+,22?,23?,25+,26-,27-,28+,29+,30+/m1/s1. The zero-order valence-corrected chi connectivity index (χ0v) is 21.9. The molecule has 6 fully saturated rings. The van der Waals surface area contributed by atoms with E-state index >= 15 is 0 Å². The predicted octanol–water partition coefficient (Wildman–Crippen LogP) is 6.68. The van der Waals surface area contributed by atoms with E-state index in [4.69, 9.17) is 4.74 Å². The summed E-state index contributed by atoms with van der Waals surface area (Å²) in [5.41, 5.74) is 0.849. The number of fused-ring (bicyclic) bond motifs is 4. The number of hydrogen-bond acceptors (Lipinski definition) is 3. The highest BCUT2D eigenvalue weighted by molar-refractivity contribution is 5.82. The maximum Gasteiger partial charge on any atom is 0.313 e.